The molecule has 0 N–H and O–H groups in total. The fourth-order valence-corrected chi connectivity index (χ4v) is 9.50. The molecule has 0 aliphatic heterocycles. The molecule has 0 unspecified atom stereocenters. The summed E-state index contributed by atoms with van der Waals surface area (Å²) >= 11 is 0. The van der Waals surface area contributed by atoms with Gasteiger partial charge in [-0.15, -0.1) is 0 Å². The van der Waals surface area contributed by atoms with Crippen LogP contribution in [0.4, 0.5) is 17.1 Å². The quantitative estimate of drug-likeness (QED) is 0.150. The van der Waals surface area contributed by atoms with Gasteiger partial charge in [0.2, 0.25) is 0 Å². The standard InChI is InChI=1S/C60H39NO/c1-2-16-40(17-3-1)43-21-14-22-44(36-43)45-23-15-24-48(38-45)61(56-30-12-10-28-53(56)55-39-46-20-6-7-25-49(46)51-26-8-9-27-52(51)55)57-35-34-50(47-33-32-41-18-4-5-19-42(41)37-47)60-59(57)54-29-11-13-31-58(54)62-60/h1-39H. The van der Waals surface area contributed by atoms with E-state index in [1.165, 1.54) is 49.0 Å². The second-order valence-corrected chi connectivity index (χ2v) is 16.0. The predicted molar refractivity (Wildman–Crippen MR) is 263 cm³/mol. The molecular weight excluding hydrogens is 751 g/mol. The Morgan fingerprint density at radius 2 is 0.919 bits per heavy atom. The predicted octanol–water partition coefficient (Wildman–Crippen LogP) is 17.2. The molecule has 0 radical (unpaired) electrons. The third kappa shape index (κ3) is 6.04. The van der Waals surface area contributed by atoms with Crippen molar-refractivity contribution in [1.82, 2.24) is 0 Å². The lowest BCUT2D eigenvalue weighted by Crippen LogP contribution is -2.12. The normalized spacial score (nSPS) is 11.5. The van der Waals surface area contributed by atoms with Gasteiger partial charge in [0.15, 0.2) is 0 Å². The molecule has 0 atom stereocenters. The number of anilines is 3. The number of fused-ring (bicyclic) bond motifs is 7. The van der Waals surface area contributed by atoms with Crippen LogP contribution in [0.25, 0.3) is 98.8 Å². The molecule has 62 heavy (non-hydrogen) atoms. The van der Waals surface area contributed by atoms with Gasteiger partial charge in [0.05, 0.1) is 16.8 Å². The van der Waals surface area contributed by atoms with Crippen LogP contribution in [0.1, 0.15) is 0 Å². The second-order valence-electron chi connectivity index (χ2n) is 16.0. The first-order valence-corrected chi connectivity index (χ1v) is 21.2. The number of rotatable bonds is 7. The molecule has 0 saturated heterocycles. The summed E-state index contributed by atoms with van der Waals surface area (Å²) in [5.74, 6) is 0. The van der Waals surface area contributed by atoms with Gasteiger partial charge in [-0.05, 0) is 120 Å². The molecule has 1 heterocycles. The summed E-state index contributed by atoms with van der Waals surface area (Å²) in [6, 6.07) is 85.5. The van der Waals surface area contributed by atoms with Gasteiger partial charge in [-0.2, -0.15) is 0 Å². The van der Waals surface area contributed by atoms with Crippen molar-refractivity contribution in [2.24, 2.45) is 0 Å². The van der Waals surface area contributed by atoms with Crippen molar-refractivity contribution < 1.29 is 4.42 Å². The van der Waals surface area contributed by atoms with Crippen LogP contribution >= 0.6 is 0 Å². The number of nitrogens with zero attached hydrogens (tertiary/aromatic N) is 1. The molecule has 11 aromatic carbocycles. The minimum absolute atomic E-state index is 0.859. The molecule has 0 bridgehead atoms. The van der Waals surface area contributed by atoms with Gasteiger partial charge in [-0.1, -0.05) is 182 Å². The lowest BCUT2D eigenvalue weighted by molar-refractivity contribution is 0.670. The Morgan fingerprint density at radius 3 is 1.77 bits per heavy atom. The summed E-state index contributed by atoms with van der Waals surface area (Å²) in [4.78, 5) is 2.46. The highest BCUT2D eigenvalue weighted by molar-refractivity contribution is 6.19. The zero-order chi connectivity index (χ0) is 41.0. The molecule has 12 aromatic rings. The second kappa shape index (κ2) is 14.8. The topological polar surface area (TPSA) is 16.4 Å². The molecule has 0 spiro atoms. The summed E-state index contributed by atoms with van der Waals surface area (Å²) < 4.78 is 6.95. The Labute approximate surface area is 360 Å². The van der Waals surface area contributed by atoms with Gasteiger partial charge in [0.25, 0.3) is 0 Å². The first-order chi connectivity index (χ1) is 30.7. The fraction of sp³-hybridized carbons (Fsp3) is 0. The number of hydrogen-bond acceptors (Lipinski definition) is 2. The van der Waals surface area contributed by atoms with E-state index in [-0.39, 0.29) is 0 Å². The monoisotopic (exact) mass is 789 g/mol. The Hall–Kier alpha value is -8.20. The van der Waals surface area contributed by atoms with E-state index in [2.05, 4.69) is 241 Å². The molecular formula is C60H39NO. The van der Waals surface area contributed by atoms with E-state index >= 15 is 0 Å². The van der Waals surface area contributed by atoms with E-state index in [0.717, 1.165) is 66.8 Å². The van der Waals surface area contributed by atoms with E-state index in [1.54, 1.807) is 0 Å². The van der Waals surface area contributed by atoms with Crippen LogP contribution in [-0.4, -0.2) is 0 Å². The van der Waals surface area contributed by atoms with Crippen LogP contribution in [0.2, 0.25) is 0 Å². The summed E-state index contributed by atoms with van der Waals surface area (Å²) in [6.07, 6.45) is 0. The minimum Gasteiger partial charge on any atom is -0.455 e. The maximum atomic E-state index is 6.95. The van der Waals surface area contributed by atoms with Crippen molar-refractivity contribution in [2.75, 3.05) is 4.90 Å². The molecule has 2 nitrogen and oxygen atoms in total. The van der Waals surface area contributed by atoms with Crippen LogP contribution in [0, 0.1) is 0 Å². The Morgan fingerprint density at radius 1 is 0.290 bits per heavy atom. The summed E-state index contributed by atoms with van der Waals surface area (Å²) in [5.41, 5.74) is 14.1. The highest BCUT2D eigenvalue weighted by Crippen LogP contribution is 2.50. The van der Waals surface area contributed by atoms with E-state index in [1.807, 2.05) is 0 Å². The average Bonchev–Trinajstić information content (AvgIpc) is 3.74. The van der Waals surface area contributed by atoms with Crippen molar-refractivity contribution >= 4 is 71.3 Å². The van der Waals surface area contributed by atoms with Gasteiger partial charge >= 0.3 is 0 Å². The van der Waals surface area contributed by atoms with Gasteiger partial charge in [-0.25, -0.2) is 0 Å². The van der Waals surface area contributed by atoms with Crippen LogP contribution in [0.3, 0.4) is 0 Å². The Bertz CT molecular complexity index is 3650. The summed E-state index contributed by atoms with van der Waals surface area (Å²) in [6.45, 7) is 0. The maximum Gasteiger partial charge on any atom is 0.145 e. The first-order valence-electron chi connectivity index (χ1n) is 21.2. The van der Waals surface area contributed by atoms with Gasteiger partial charge in [0, 0.05) is 22.2 Å². The van der Waals surface area contributed by atoms with Crippen LogP contribution in [0.15, 0.2) is 241 Å². The molecule has 290 valence electrons. The molecule has 0 amide bonds. The molecule has 0 fully saturated rings. The number of para-hydroxylation sites is 2. The van der Waals surface area contributed by atoms with Crippen molar-refractivity contribution in [3.05, 3.63) is 237 Å². The molecule has 12 rings (SSSR count). The molecule has 0 aliphatic carbocycles. The van der Waals surface area contributed by atoms with Crippen LogP contribution in [-0.2, 0) is 0 Å². The highest BCUT2D eigenvalue weighted by atomic mass is 16.3. The molecule has 0 aliphatic rings. The smallest absolute Gasteiger partial charge is 0.145 e. The summed E-state index contributed by atoms with van der Waals surface area (Å²) in [7, 11) is 0. The van der Waals surface area contributed by atoms with E-state index in [0.29, 0.717) is 0 Å². The van der Waals surface area contributed by atoms with E-state index in [9.17, 15) is 0 Å². The van der Waals surface area contributed by atoms with Crippen molar-refractivity contribution in [3.8, 4) is 44.5 Å². The molecule has 2 heteroatoms. The average molecular weight is 790 g/mol. The van der Waals surface area contributed by atoms with Crippen molar-refractivity contribution in [1.29, 1.82) is 0 Å². The first kappa shape index (κ1) is 35.7. The minimum atomic E-state index is 0.859. The van der Waals surface area contributed by atoms with Gasteiger partial charge in [-0.3, -0.25) is 0 Å². The van der Waals surface area contributed by atoms with Crippen LogP contribution in [0.5, 0.6) is 0 Å². The SMILES string of the molecule is c1ccc(-c2cccc(-c3cccc(N(c4ccccc4-c4cc5ccccc5c5ccccc45)c4ccc(-c5ccc6ccccc6c5)c5oc6ccccc6c45)c3)c2)cc1. The van der Waals surface area contributed by atoms with Crippen molar-refractivity contribution in [3.63, 3.8) is 0 Å². The lowest BCUT2D eigenvalue weighted by atomic mass is 9.91. The molecule has 1 aromatic heterocycles. The third-order valence-corrected chi connectivity index (χ3v) is 12.4. The summed E-state index contributed by atoms with van der Waals surface area (Å²) in [5, 5.41) is 9.48. The zero-order valence-electron chi connectivity index (χ0n) is 33.9. The Balaban J connectivity index is 1.13. The van der Waals surface area contributed by atoms with Crippen LogP contribution < -0.4 is 4.90 Å². The van der Waals surface area contributed by atoms with Gasteiger partial charge in [0.1, 0.15) is 11.2 Å². The van der Waals surface area contributed by atoms with Gasteiger partial charge < -0.3 is 9.32 Å². The Kier molecular flexibility index (Phi) is 8.53. The number of benzene rings is 11. The molecule has 0 saturated carbocycles. The van der Waals surface area contributed by atoms with Crippen molar-refractivity contribution in [2.45, 2.75) is 0 Å². The third-order valence-electron chi connectivity index (χ3n) is 12.4. The lowest BCUT2D eigenvalue weighted by Gasteiger charge is -2.29. The maximum absolute atomic E-state index is 6.95. The largest absolute Gasteiger partial charge is 0.455 e. The highest BCUT2D eigenvalue weighted by Gasteiger charge is 2.25. The fourth-order valence-electron chi connectivity index (χ4n) is 9.50. The van der Waals surface area contributed by atoms with E-state index in [4.69, 9.17) is 4.42 Å². The number of furan rings is 1. The zero-order valence-corrected chi connectivity index (χ0v) is 33.9. The van der Waals surface area contributed by atoms with E-state index < -0.39 is 0 Å². The number of hydrogen-bond donors (Lipinski definition) is 0.